The lowest BCUT2D eigenvalue weighted by atomic mass is 10.1. The maximum Gasteiger partial charge on any atom is 0.310 e. The van der Waals surface area contributed by atoms with Gasteiger partial charge in [0.05, 0.1) is 5.92 Å². The number of rotatable bonds is 4. The second-order valence-electron chi connectivity index (χ2n) is 5.84. The van der Waals surface area contributed by atoms with Crippen LogP contribution in [0, 0.1) is 17.3 Å². The van der Waals surface area contributed by atoms with Gasteiger partial charge in [-0.05, 0) is 30.7 Å². The lowest BCUT2D eigenvalue weighted by Gasteiger charge is -2.14. The molecule has 0 aliphatic heterocycles. The standard InChI is InChI=1S/C17H22O2.2C2H6/c1-5-9-14-15(17(14,3)4)16(18)19-12(2)13-10-7-6-8-11-13;2*1-2/h5-12,14-15H,1-4H3;2*1-2H3. The molecule has 0 radical (unpaired) electrons. The molecule has 23 heavy (non-hydrogen) atoms. The average Bonchev–Trinajstić information content (AvgIpc) is 3.13. The van der Waals surface area contributed by atoms with Gasteiger partial charge in [0.2, 0.25) is 0 Å². The monoisotopic (exact) mass is 318 g/mol. The van der Waals surface area contributed by atoms with Crippen molar-refractivity contribution in [1.29, 1.82) is 0 Å². The third kappa shape index (κ3) is 5.53. The summed E-state index contributed by atoms with van der Waals surface area (Å²) in [5.74, 6) is 0.229. The zero-order valence-electron chi connectivity index (χ0n) is 16.1. The van der Waals surface area contributed by atoms with Crippen molar-refractivity contribution in [2.45, 2.75) is 61.5 Å². The van der Waals surface area contributed by atoms with E-state index < -0.39 is 0 Å². The predicted molar refractivity (Wildman–Crippen MR) is 99.2 cm³/mol. The zero-order chi connectivity index (χ0) is 18.0. The van der Waals surface area contributed by atoms with E-state index in [-0.39, 0.29) is 23.4 Å². The summed E-state index contributed by atoms with van der Waals surface area (Å²) in [5.41, 5.74) is 1.07. The van der Waals surface area contributed by atoms with Crippen molar-refractivity contribution in [2.75, 3.05) is 0 Å². The fourth-order valence-corrected chi connectivity index (χ4v) is 2.73. The molecule has 0 spiro atoms. The first-order valence-electron chi connectivity index (χ1n) is 8.86. The molecule has 0 heterocycles. The first-order valence-corrected chi connectivity index (χ1v) is 8.86. The number of esters is 1. The minimum Gasteiger partial charge on any atom is -0.458 e. The smallest absolute Gasteiger partial charge is 0.310 e. The van der Waals surface area contributed by atoms with Crippen LogP contribution >= 0.6 is 0 Å². The summed E-state index contributed by atoms with van der Waals surface area (Å²) in [6.07, 6.45) is 3.94. The molecule has 0 amide bonds. The number of carbonyl (C=O) groups is 1. The van der Waals surface area contributed by atoms with Crippen LogP contribution in [0.5, 0.6) is 0 Å². The number of carbonyl (C=O) groups excluding carboxylic acids is 1. The fraction of sp³-hybridized carbons (Fsp3) is 0.571. The Balaban J connectivity index is 0.00000112. The molecule has 2 nitrogen and oxygen atoms in total. The molecule has 1 fully saturated rings. The molecule has 0 bridgehead atoms. The molecular formula is C21H34O2. The summed E-state index contributed by atoms with van der Waals surface area (Å²) < 4.78 is 5.60. The van der Waals surface area contributed by atoms with Gasteiger partial charge in [0.1, 0.15) is 6.10 Å². The Morgan fingerprint density at radius 3 is 2.13 bits per heavy atom. The van der Waals surface area contributed by atoms with Gasteiger partial charge in [-0.2, -0.15) is 0 Å². The van der Waals surface area contributed by atoms with Gasteiger partial charge in [0, 0.05) is 0 Å². The number of hydrogen-bond acceptors (Lipinski definition) is 2. The van der Waals surface area contributed by atoms with E-state index in [0.29, 0.717) is 5.92 Å². The van der Waals surface area contributed by atoms with Gasteiger partial charge in [-0.3, -0.25) is 4.79 Å². The molecular weight excluding hydrogens is 284 g/mol. The van der Waals surface area contributed by atoms with E-state index in [1.807, 2.05) is 78.0 Å². The summed E-state index contributed by atoms with van der Waals surface area (Å²) in [5, 5.41) is 0. The van der Waals surface area contributed by atoms with E-state index in [0.717, 1.165) is 5.56 Å². The van der Waals surface area contributed by atoms with Crippen LogP contribution in [0.25, 0.3) is 0 Å². The molecule has 1 aromatic rings. The highest BCUT2D eigenvalue weighted by molar-refractivity contribution is 5.78. The molecule has 2 heteroatoms. The van der Waals surface area contributed by atoms with E-state index in [1.54, 1.807) is 0 Å². The second kappa shape index (κ2) is 10.3. The SMILES string of the molecule is CC.CC.CC=CC1C(C(=O)OC(C)c2ccccc2)C1(C)C. The summed E-state index contributed by atoms with van der Waals surface area (Å²) in [7, 11) is 0. The Morgan fingerprint density at radius 2 is 1.65 bits per heavy atom. The Hall–Kier alpha value is -1.57. The van der Waals surface area contributed by atoms with Crippen LogP contribution < -0.4 is 0 Å². The van der Waals surface area contributed by atoms with Gasteiger partial charge in [-0.25, -0.2) is 0 Å². The molecule has 1 aromatic carbocycles. The molecule has 130 valence electrons. The number of benzene rings is 1. The summed E-state index contributed by atoms with van der Waals surface area (Å²) >= 11 is 0. The lowest BCUT2D eigenvalue weighted by molar-refractivity contribution is -0.151. The van der Waals surface area contributed by atoms with Gasteiger partial charge >= 0.3 is 5.97 Å². The molecule has 3 unspecified atom stereocenters. The van der Waals surface area contributed by atoms with Gasteiger partial charge in [0.25, 0.3) is 0 Å². The predicted octanol–water partition coefficient (Wildman–Crippen LogP) is 6.19. The minimum absolute atomic E-state index is 0.00476. The normalized spacial score (nSPS) is 22.1. The largest absolute Gasteiger partial charge is 0.458 e. The van der Waals surface area contributed by atoms with E-state index >= 15 is 0 Å². The Bertz CT molecular complexity index is 474. The van der Waals surface area contributed by atoms with Crippen molar-refractivity contribution < 1.29 is 9.53 Å². The van der Waals surface area contributed by atoms with E-state index in [4.69, 9.17) is 4.74 Å². The van der Waals surface area contributed by atoms with E-state index in [2.05, 4.69) is 19.9 Å². The van der Waals surface area contributed by atoms with Crippen LogP contribution in [0.15, 0.2) is 42.5 Å². The maximum absolute atomic E-state index is 12.2. The van der Waals surface area contributed by atoms with Crippen molar-refractivity contribution >= 4 is 5.97 Å². The van der Waals surface area contributed by atoms with E-state index in [1.165, 1.54) is 0 Å². The Morgan fingerprint density at radius 1 is 1.13 bits per heavy atom. The van der Waals surface area contributed by atoms with Crippen LogP contribution in [-0.2, 0) is 9.53 Å². The third-order valence-corrected chi connectivity index (χ3v) is 4.13. The number of ether oxygens (including phenoxy) is 1. The average molecular weight is 319 g/mol. The fourth-order valence-electron chi connectivity index (χ4n) is 2.73. The summed E-state index contributed by atoms with van der Waals surface area (Å²) in [6, 6.07) is 9.86. The molecule has 0 aromatic heterocycles. The highest BCUT2D eigenvalue weighted by Gasteiger charge is 2.61. The van der Waals surface area contributed by atoms with Crippen LogP contribution in [0.2, 0.25) is 0 Å². The molecule has 1 aliphatic carbocycles. The van der Waals surface area contributed by atoms with Gasteiger partial charge in [-0.1, -0.05) is 84.0 Å². The first-order chi connectivity index (χ1) is 11.0. The summed E-state index contributed by atoms with van der Waals surface area (Å²) in [4.78, 5) is 12.2. The highest BCUT2D eigenvalue weighted by atomic mass is 16.5. The van der Waals surface area contributed by atoms with E-state index in [9.17, 15) is 4.79 Å². The third-order valence-electron chi connectivity index (χ3n) is 4.13. The number of hydrogen-bond donors (Lipinski definition) is 0. The van der Waals surface area contributed by atoms with Crippen LogP contribution in [-0.4, -0.2) is 5.97 Å². The molecule has 0 saturated heterocycles. The van der Waals surface area contributed by atoms with Crippen molar-refractivity contribution in [1.82, 2.24) is 0 Å². The number of allylic oxidation sites excluding steroid dienone is 2. The second-order valence-corrected chi connectivity index (χ2v) is 5.84. The Kier molecular flexibility index (Phi) is 9.55. The van der Waals surface area contributed by atoms with Gasteiger partial charge < -0.3 is 4.74 Å². The molecule has 0 N–H and O–H groups in total. The highest BCUT2D eigenvalue weighted by Crippen LogP contribution is 2.59. The first kappa shape index (κ1) is 21.4. The van der Waals surface area contributed by atoms with Crippen molar-refractivity contribution in [3.05, 3.63) is 48.0 Å². The quantitative estimate of drug-likeness (QED) is 0.488. The van der Waals surface area contributed by atoms with Crippen molar-refractivity contribution in [3.63, 3.8) is 0 Å². The minimum atomic E-state index is -0.184. The topological polar surface area (TPSA) is 26.3 Å². The maximum atomic E-state index is 12.2. The van der Waals surface area contributed by atoms with Crippen molar-refractivity contribution in [3.8, 4) is 0 Å². The molecule has 1 saturated carbocycles. The van der Waals surface area contributed by atoms with Gasteiger partial charge in [-0.15, -0.1) is 0 Å². The van der Waals surface area contributed by atoms with Crippen LogP contribution in [0.1, 0.15) is 67.1 Å². The summed E-state index contributed by atoms with van der Waals surface area (Å²) in [6.45, 7) is 16.2. The zero-order valence-corrected chi connectivity index (χ0v) is 16.1. The van der Waals surface area contributed by atoms with Crippen LogP contribution in [0.3, 0.4) is 0 Å². The van der Waals surface area contributed by atoms with Crippen molar-refractivity contribution in [2.24, 2.45) is 17.3 Å². The van der Waals surface area contributed by atoms with Gasteiger partial charge in [0.15, 0.2) is 0 Å². The Labute approximate surface area is 142 Å². The molecule has 1 aliphatic rings. The molecule has 3 atom stereocenters. The lowest BCUT2D eigenvalue weighted by Crippen LogP contribution is -2.13. The molecule has 2 rings (SSSR count). The van der Waals surface area contributed by atoms with Crippen LogP contribution in [0.4, 0.5) is 0 Å².